The van der Waals surface area contributed by atoms with Crippen LogP contribution in [-0.4, -0.2) is 10.8 Å². The van der Waals surface area contributed by atoms with Crippen molar-refractivity contribution >= 4 is 22.3 Å². The van der Waals surface area contributed by atoms with Crippen LogP contribution in [0.15, 0.2) is 24.3 Å². The highest BCUT2D eigenvalue weighted by Crippen LogP contribution is 2.32. The Labute approximate surface area is 110 Å². The molecule has 0 atom stereocenters. The number of hydrogen-bond acceptors (Lipinski definition) is 4. The Kier molecular flexibility index (Phi) is 2.67. The van der Waals surface area contributed by atoms with E-state index in [0.717, 1.165) is 28.8 Å². The fourth-order valence-electron chi connectivity index (χ4n) is 2.31. The van der Waals surface area contributed by atoms with Crippen molar-refractivity contribution < 1.29 is 4.79 Å². The van der Waals surface area contributed by atoms with Crippen LogP contribution in [0.3, 0.4) is 0 Å². The molecule has 0 bridgehead atoms. The van der Waals surface area contributed by atoms with E-state index in [-0.39, 0.29) is 5.78 Å². The second kappa shape index (κ2) is 4.21. The average Bonchev–Trinajstić information content (AvgIpc) is 2.91. The lowest BCUT2D eigenvalue weighted by atomic mass is 10.1. The molecule has 4 heteroatoms. The molecule has 18 heavy (non-hydrogen) atoms. The van der Waals surface area contributed by atoms with Gasteiger partial charge in [-0.1, -0.05) is 35.6 Å². The predicted molar refractivity (Wildman–Crippen MR) is 73.2 cm³/mol. The Balaban J connectivity index is 1.91. The Morgan fingerprint density at radius 1 is 1.28 bits per heavy atom. The number of anilines is 1. The molecule has 1 aromatic heterocycles. The van der Waals surface area contributed by atoms with Gasteiger partial charge < -0.3 is 4.90 Å². The van der Waals surface area contributed by atoms with Crippen LogP contribution in [0, 0.1) is 6.92 Å². The summed E-state index contributed by atoms with van der Waals surface area (Å²) in [6, 6.07) is 8.44. The van der Waals surface area contributed by atoms with E-state index in [1.54, 1.807) is 6.92 Å². The number of ketones is 1. The van der Waals surface area contributed by atoms with Crippen molar-refractivity contribution in [1.29, 1.82) is 0 Å². The van der Waals surface area contributed by atoms with Crippen molar-refractivity contribution in [3.63, 3.8) is 0 Å². The largest absolute Gasteiger partial charge is 0.339 e. The number of fused-ring (bicyclic) bond motifs is 1. The fraction of sp³-hybridized carbons (Fsp3) is 0.286. The molecule has 0 saturated carbocycles. The summed E-state index contributed by atoms with van der Waals surface area (Å²) >= 11 is 1.50. The molecule has 0 radical (unpaired) electrons. The number of hydrogen-bond donors (Lipinski definition) is 0. The first kappa shape index (κ1) is 11.4. The smallest absolute Gasteiger partial charge is 0.186 e. The van der Waals surface area contributed by atoms with E-state index in [1.165, 1.54) is 22.5 Å². The van der Waals surface area contributed by atoms with Crippen LogP contribution >= 0.6 is 11.3 Å². The molecular weight excluding hydrogens is 244 g/mol. The molecule has 2 aromatic rings. The quantitative estimate of drug-likeness (QED) is 0.776. The first-order chi connectivity index (χ1) is 8.65. The van der Waals surface area contributed by atoms with Gasteiger partial charge in [0.2, 0.25) is 0 Å². The zero-order valence-electron chi connectivity index (χ0n) is 10.4. The highest BCUT2D eigenvalue weighted by Gasteiger charge is 2.22. The molecule has 0 saturated heterocycles. The summed E-state index contributed by atoms with van der Waals surface area (Å²) in [7, 11) is 0. The minimum Gasteiger partial charge on any atom is -0.339 e. The number of aromatic nitrogens is 1. The number of nitrogens with zero attached hydrogens (tertiary/aromatic N) is 2. The zero-order valence-corrected chi connectivity index (χ0v) is 11.3. The Morgan fingerprint density at radius 2 is 1.89 bits per heavy atom. The summed E-state index contributed by atoms with van der Waals surface area (Å²) in [6.45, 7) is 5.28. The number of aryl methyl sites for hydroxylation is 1. The Morgan fingerprint density at radius 3 is 2.39 bits per heavy atom. The van der Waals surface area contributed by atoms with Crippen molar-refractivity contribution in [2.45, 2.75) is 26.9 Å². The molecule has 0 fully saturated rings. The van der Waals surface area contributed by atoms with Gasteiger partial charge in [-0.3, -0.25) is 4.79 Å². The molecule has 3 nitrogen and oxygen atoms in total. The molecule has 0 amide bonds. The first-order valence-electron chi connectivity index (χ1n) is 5.95. The zero-order chi connectivity index (χ0) is 12.7. The van der Waals surface area contributed by atoms with Gasteiger partial charge in [-0.05, 0) is 18.1 Å². The second-order valence-electron chi connectivity index (χ2n) is 4.59. The van der Waals surface area contributed by atoms with E-state index in [1.807, 2.05) is 6.92 Å². The van der Waals surface area contributed by atoms with Gasteiger partial charge in [-0.25, -0.2) is 4.98 Å². The number of Topliss-reactive ketones (excluding diaryl/α,β-unsaturated/α-hetero) is 1. The van der Waals surface area contributed by atoms with E-state index >= 15 is 0 Å². The third-order valence-corrected chi connectivity index (χ3v) is 4.54. The average molecular weight is 258 g/mol. The summed E-state index contributed by atoms with van der Waals surface area (Å²) in [5.74, 6) is 0.105. The minimum atomic E-state index is 0.105. The summed E-state index contributed by atoms with van der Waals surface area (Å²) in [5.41, 5.74) is 3.56. The van der Waals surface area contributed by atoms with E-state index in [0.29, 0.717) is 0 Å². The monoisotopic (exact) mass is 258 g/mol. The molecule has 0 unspecified atom stereocenters. The van der Waals surface area contributed by atoms with Gasteiger partial charge in [0.15, 0.2) is 10.9 Å². The van der Waals surface area contributed by atoms with Crippen LogP contribution < -0.4 is 4.90 Å². The van der Waals surface area contributed by atoms with Crippen LogP contribution in [0.2, 0.25) is 0 Å². The molecule has 1 aliphatic rings. The van der Waals surface area contributed by atoms with Gasteiger partial charge in [0.1, 0.15) is 0 Å². The maximum Gasteiger partial charge on any atom is 0.186 e. The van der Waals surface area contributed by atoms with E-state index in [4.69, 9.17) is 0 Å². The first-order valence-corrected chi connectivity index (χ1v) is 6.77. The summed E-state index contributed by atoms with van der Waals surface area (Å²) < 4.78 is 0. The minimum absolute atomic E-state index is 0.105. The number of benzene rings is 1. The molecule has 2 heterocycles. The summed E-state index contributed by atoms with van der Waals surface area (Å²) in [6.07, 6.45) is 0. The van der Waals surface area contributed by atoms with Crippen molar-refractivity contribution in [1.82, 2.24) is 4.98 Å². The third-order valence-electron chi connectivity index (χ3n) is 3.22. The van der Waals surface area contributed by atoms with Gasteiger partial charge in [0, 0.05) is 20.0 Å². The van der Waals surface area contributed by atoms with Crippen LogP contribution in [0.25, 0.3) is 0 Å². The van der Waals surface area contributed by atoms with E-state index < -0.39 is 0 Å². The molecular formula is C14H14N2OS. The lowest BCUT2D eigenvalue weighted by Crippen LogP contribution is -2.13. The molecule has 1 aliphatic heterocycles. The van der Waals surface area contributed by atoms with Gasteiger partial charge in [-0.15, -0.1) is 0 Å². The fourth-order valence-corrected chi connectivity index (χ4v) is 3.27. The van der Waals surface area contributed by atoms with Crippen LogP contribution in [0.1, 0.15) is 33.4 Å². The highest BCUT2D eigenvalue weighted by molar-refractivity contribution is 7.17. The standard InChI is InChI=1S/C14H14N2OS/c1-9-13(10(2)17)18-14(15-9)16-7-11-5-3-4-6-12(11)8-16/h3-6H,7-8H2,1-2H3. The molecule has 1 aromatic carbocycles. The molecule has 0 N–H and O–H groups in total. The number of carbonyl (C=O) groups is 1. The second-order valence-corrected chi connectivity index (χ2v) is 5.57. The number of thiazole rings is 1. The van der Waals surface area contributed by atoms with Crippen molar-refractivity contribution in [3.05, 3.63) is 46.0 Å². The summed E-state index contributed by atoms with van der Waals surface area (Å²) in [5, 5.41) is 0.953. The lowest BCUT2D eigenvalue weighted by molar-refractivity contribution is 0.102. The Hall–Kier alpha value is -1.68. The maximum atomic E-state index is 11.5. The molecule has 92 valence electrons. The lowest BCUT2D eigenvalue weighted by Gasteiger charge is -2.12. The van der Waals surface area contributed by atoms with Gasteiger partial charge in [0.25, 0.3) is 0 Å². The van der Waals surface area contributed by atoms with Crippen LogP contribution in [0.4, 0.5) is 5.13 Å². The van der Waals surface area contributed by atoms with Gasteiger partial charge in [0.05, 0.1) is 10.6 Å². The van der Waals surface area contributed by atoms with Crippen molar-refractivity contribution in [3.8, 4) is 0 Å². The van der Waals surface area contributed by atoms with E-state index in [9.17, 15) is 4.79 Å². The van der Waals surface area contributed by atoms with Crippen molar-refractivity contribution in [2.24, 2.45) is 0 Å². The summed E-state index contributed by atoms with van der Waals surface area (Å²) in [4.78, 5) is 19.0. The SMILES string of the molecule is CC(=O)c1sc(N2Cc3ccccc3C2)nc1C. The number of rotatable bonds is 2. The topological polar surface area (TPSA) is 33.2 Å². The van der Waals surface area contributed by atoms with Gasteiger partial charge in [-0.2, -0.15) is 0 Å². The van der Waals surface area contributed by atoms with Crippen molar-refractivity contribution in [2.75, 3.05) is 4.90 Å². The predicted octanol–water partition coefficient (Wildman–Crippen LogP) is 3.17. The van der Waals surface area contributed by atoms with E-state index in [2.05, 4.69) is 34.1 Å². The van der Waals surface area contributed by atoms with Gasteiger partial charge >= 0.3 is 0 Å². The third kappa shape index (κ3) is 1.82. The maximum absolute atomic E-state index is 11.5. The molecule has 0 spiro atoms. The normalized spacial score (nSPS) is 13.8. The number of carbonyl (C=O) groups excluding carboxylic acids is 1. The van der Waals surface area contributed by atoms with Crippen LogP contribution in [0.5, 0.6) is 0 Å². The van der Waals surface area contributed by atoms with Crippen LogP contribution in [-0.2, 0) is 13.1 Å². The highest BCUT2D eigenvalue weighted by atomic mass is 32.1. The molecule has 3 rings (SSSR count). The Bertz CT molecular complexity index is 593. The molecule has 0 aliphatic carbocycles.